The minimum absolute atomic E-state index is 0.352. The lowest BCUT2D eigenvalue weighted by Crippen LogP contribution is -2.47. The molecule has 4 N–H and O–H groups in total. The smallest absolute Gasteiger partial charge is 0.209 e. The number of thiocarbonyl (C=S) groups is 1. The summed E-state index contributed by atoms with van der Waals surface area (Å²) >= 11 is 4.87. The van der Waals surface area contributed by atoms with Gasteiger partial charge < -0.3 is 11.1 Å². The highest BCUT2D eigenvalue weighted by molar-refractivity contribution is 7.88. The summed E-state index contributed by atoms with van der Waals surface area (Å²) in [6.45, 7) is 4.08. The van der Waals surface area contributed by atoms with Crippen molar-refractivity contribution in [3.05, 3.63) is 29.8 Å². The Morgan fingerprint density at radius 2 is 1.84 bits per heavy atom. The predicted molar refractivity (Wildman–Crippen MR) is 82.9 cm³/mol. The molecule has 106 valence electrons. The molecule has 0 saturated heterocycles. The number of nitrogens with one attached hydrogen (secondary N) is 2. The van der Waals surface area contributed by atoms with Gasteiger partial charge in [0.2, 0.25) is 10.0 Å². The quantitative estimate of drug-likeness (QED) is 0.684. The van der Waals surface area contributed by atoms with Crippen molar-refractivity contribution in [2.24, 2.45) is 5.73 Å². The van der Waals surface area contributed by atoms with Crippen molar-refractivity contribution in [1.82, 2.24) is 4.72 Å². The lowest BCUT2D eigenvalue weighted by Gasteiger charge is -2.25. The number of hydrogen-bond donors (Lipinski definition) is 3. The lowest BCUT2D eigenvalue weighted by atomic mass is 10.1. The number of sulfonamides is 1. The molecular formula is C12H19N3O2S2. The molecule has 0 radical (unpaired) electrons. The van der Waals surface area contributed by atoms with E-state index in [4.69, 9.17) is 18.0 Å². The van der Waals surface area contributed by atoms with Gasteiger partial charge in [0.25, 0.3) is 0 Å². The highest BCUT2D eigenvalue weighted by atomic mass is 32.2. The van der Waals surface area contributed by atoms with E-state index in [1.807, 2.05) is 38.1 Å². The first-order valence-electron chi connectivity index (χ1n) is 5.72. The fourth-order valence-corrected chi connectivity index (χ4v) is 2.83. The summed E-state index contributed by atoms with van der Waals surface area (Å²) in [4.78, 5) is 0.352. The fourth-order valence-electron chi connectivity index (χ4n) is 1.61. The average molecular weight is 301 g/mol. The first kappa shape index (κ1) is 15.9. The highest BCUT2D eigenvalue weighted by Gasteiger charge is 2.21. The number of benzene rings is 1. The van der Waals surface area contributed by atoms with Gasteiger partial charge in [0.15, 0.2) is 0 Å². The van der Waals surface area contributed by atoms with Crippen LogP contribution in [0.25, 0.3) is 0 Å². The molecule has 0 aliphatic rings. The van der Waals surface area contributed by atoms with E-state index in [0.29, 0.717) is 11.5 Å². The number of nitrogens with two attached hydrogens (primary N) is 1. The van der Waals surface area contributed by atoms with Crippen LogP contribution in [0.5, 0.6) is 0 Å². The molecule has 0 heterocycles. The van der Waals surface area contributed by atoms with Gasteiger partial charge in [-0.2, -0.15) is 0 Å². The maximum atomic E-state index is 11.2. The second-order valence-corrected chi connectivity index (χ2v) is 7.24. The van der Waals surface area contributed by atoms with Crippen LogP contribution >= 0.6 is 12.2 Å². The summed E-state index contributed by atoms with van der Waals surface area (Å²) in [5, 5.41) is 3.16. The van der Waals surface area contributed by atoms with Crippen LogP contribution in [-0.4, -0.2) is 31.7 Å². The van der Waals surface area contributed by atoms with Crippen molar-refractivity contribution >= 4 is 32.9 Å². The van der Waals surface area contributed by atoms with E-state index >= 15 is 0 Å². The van der Waals surface area contributed by atoms with Crippen molar-refractivity contribution < 1.29 is 8.42 Å². The van der Waals surface area contributed by atoms with Gasteiger partial charge in [0.1, 0.15) is 4.99 Å². The second-order valence-electron chi connectivity index (χ2n) is 5.05. The fraction of sp³-hybridized carbons (Fsp3) is 0.417. The third-order valence-electron chi connectivity index (χ3n) is 2.37. The van der Waals surface area contributed by atoms with Gasteiger partial charge in [-0.25, -0.2) is 13.1 Å². The largest absolute Gasteiger partial charge is 0.389 e. The number of hydrogen-bond acceptors (Lipinski definition) is 4. The summed E-state index contributed by atoms with van der Waals surface area (Å²) in [7, 11) is -3.23. The van der Waals surface area contributed by atoms with Crippen molar-refractivity contribution in [2.75, 3.05) is 18.1 Å². The molecule has 0 aliphatic heterocycles. The minimum atomic E-state index is -3.23. The molecule has 1 aromatic rings. The Balaban J connectivity index is 2.64. The zero-order valence-electron chi connectivity index (χ0n) is 11.2. The third-order valence-corrected chi connectivity index (χ3v) is 3.52. The Kier molecular flexibility index (Phi) is 4.89. The molecule has 0 aliphatic carbocycles. The van der Waals surface area contributed by atoms with Gasteiger partial charge in [-0.1, -0.05) is 12.2 Å². The number of anilines is 1. The Labute approximate surface area is 119 Å². The maximum absolute atomic E-state index is 11.2. The molecule has 5 nitrogen and oxygen atoms in total. The molecule has 0 unspecified atom stereocenters. The van der Waals surface area contributed by atoms with Crippen LogP contribution in [-0.2, 0) is 10.0 Å². The topological polar surface area (TPSA) is 84.2 Å². The molecule has 1 aromatic carbocycles. The molecule has 0 atom stereocenters. The molecule has 19 heavy (non-hydrogen) atoms. The molecule has 0 fully saturated rings. The first-order chi connectivity index (χ1) is 8.59. The van der Waals surface area contributed by atoms with Gasteiger partial charge >= 0.3 is 0 Å². The Morgan fingerprint density at radius 3 is 2.26 bits per heavy atom. The normalized spacial score (nSPS) is 12.2. The highest BCUT2D eigenvalue weighted by Crippen LogP contribution is 2.12. The molecule has 0 spiro atoms. The van der Waals surface area contributed by atoms with E-state index in [9.17, 15) is 8.42 Å². The van der Waals surface area contributed by atoms with E-state index < -0.39 is 15.6 Å². The van der Waals surface area contributed by atoms with E-state index in [1.165, 1.54) is 0 Å². The second kappa shape index (κ2) is 5.85. The Bertz CT molecular complexity index is 551. The summed E-state index contributed by atoms with van der Waals surface area (Å²) in [5.74, 6) is 0. The summed E-state index contributed by atoms with van der Waals surface area (Å²) in [5.41, 5.74) is 6.61. The third kappa shape index (κ3) is 6.00. The van der Waals surface area contributed by atoms with Crippen LogP contribution in [0.3, 0.4) is 0 Å². The SMILES string of the molecule is CC(C)(CNc1ccc(C(N)=S)cc1)NS(C)(=O)=O. The zero-order valence-corrected chi connectivity index (χ0v) is 12.9. The maximum Gasteiger partial charge on any atom is 0.209 e. The minimum Gasteiger partial charge on any atom is -0.389 e. The van der Waals surface area contributed by atoms with E-state index in [1.54, 1.807) is 0 Å². The molecule has 7 heteroatoms. The molecule has 0 aromatic heterocycles. The van der Waals surface area contributed by atoms with Crippen molar-refractivity contribution in [3.8, 4) is 0 Å². The van der Waals surface area contributed by atoms with Gasteiger partial charge in [0, 0.05) is 23.3 Å². The van der Waals surface area contributed by atoms with E-state index in [2.05, 4.69) is 10.0 Å². The Morgan fingerprint density at radius 1 is 1.32 bits per heavy atom. The van der Waals surface area contributed by atoms with Crippen LogP contribution in [0.1, 0.15) is 19.4 Å². The van der Waals surface area contributed by atoms with Gasteiger partial charge in [-0.05, 0) is 38.1 Å². The lowest BCUT2D eigenvalue weighted by molar-refractivity contribution is 0.476. The van der Waals surface area contributed by atoms with Crippen molar-refractivity contribution in [3.63, 3.8) is 0 Å². The van der Waals surface area contributed by atoms with E-state index in [-0.39, 0.29) is 0 Å². The molecule has 0 bridgehead atoms. The average Bonchev–Trinajstić information content (AvgIpc) is 2.24. The monoisotopic (exact) mass is 301 g/mol. The summed E-state index contributed by atoms with van der Waals surface area (Å²) < 4.78 is 25.0. The van der Waals surface area contributed by atoms with Crippen LogP contribution in [0.2, 0.25) is 0 Å². The molecule has 0 amide bonds. The summed E-state index contributed by atoms with van der Waals surface area (Å²) in [6, 6.07) is 7.35. The van der Waals surface area contributed by atoms with Crippen LogP contribution in [0.4, 0.5) is 5.69 Å². The van der Waals surface area contributed by atoms with Crippen LogP contribution in [0, 0.1) is 0 Å². The predicted octanol–water partition coefficient (Wildman–Crippen LogP) is 1.06. The van der Waals surface area contributed by atoms with Gasteiger partial charge in [-0.15, -0.1) is 0 Å². The van der Waals surface area contributed by atoms with Crippen LogP contribution < -0.4 is 15.8 Å². The van der Waals surface area contributed by atoms with Crippen molar-refractivity contribution in [2.45, 2.75) is 19.4 Å². The van der Waals surface area contributed by atoms with Crippen LogP contribution in [0.15, 0.2) is 24.3 Å². The zero-order chi connectivity index (χ0) is 14.7. The van der Waals surface area contributed by atoms with E-state index in [0.717, 1.165) is 17.5 Å². The number of rotatable bonds is 6. The molecule has 0 saturated carbocycles. The molecule has 1 rings (SSSR count). The van der Waals surface area contributed by atoms with Gasteiger partial charge in [0.05, 0.1) is 6.26 Å². The first-order valence-corrected chi connectivity index (χ1v) is 8.02. The Hall–Kier alpha value is -1.18. The molecular weight excluding hydrogens is 282 g/mol. The van der Waals surface area contributed by atoms with Gasteiger partial charge in [-0.3, -0.25) is 0 Å². The standard InChI is InChI=1S/C12H19N3O2S2/c1-12(2,15-19(3,16)17)8-14-10-6-4-9(5-7-10)11(13)18/h4-7,14-15H,8H2,1-3H3,(H2,13,18). The van der Waals surface area contributed by atoms with Crippen molar-refractivity contribution in [1.29, 1.82) is 0 Å². The summed E-state index contributed by atoms with van der Waals surface area (Å²) in [6.07, 6.45) is 1.14.